The van der Waals surface area contributed by atoms with E-state index in [4.69, 9.17) is 55.5 Å². The summed E-state index contributed by atoms with van der Waals surface area (Å²) in [5, 5.41) is 5.70. The van der Waals surface area contributed by atoms with E-state index < -0.39 is 15.3 Å². The number of hydrogen-bond acceptors (Lipinski definition) is 4. The molecule has 0 radical (unpaired) electrons. The molecule has 0 saturated carbocycles. The summed E-state index contributed by atoms with van der Waals surface area (Å²) in [5.74, 6) is 1.75. The molecule has 0 aromatic carbocycles. The summed E-state index contributed by atoms with van der Waals surface area (Å²) in [7, 11) is -5.68. The van der Waals surface area contributed by atoms with E-state index in [9.17, 15) is 9.13 Å². The highest BCUT2D eigenvalue weighted by atomic mass is 35.5. The smallest absolute Gasteiger partial charge is 0.306 e. The van der Waals surface area contributed by atoms with Crippen molar-refractivity contribution in [3.63, 3.8) is 0 Å². The van der Waals surface area contributed by atoms with Crippen LogP contribution >= 0.6 is 61.7 Å². The summed E-state index contributed by atoms with van der Waals surface area (Å²) in [6.07, 6.45) is 1.78. The van der Waals surface area contributed by atoms with Gasteiger partial charge in [-0.15, -0.1) is 46.4 Å². The summed E-state index contributed by atoms with van der Waals surface area (Å²) in [5.41, 5.74) is 0. The second-order valence-corrected chi connectivity index (χ2v) is 11.8. The summed E-state index contributed by atoms with van der Waals surface area (Å²) < 4.78 is 38.5. The largest absolute Gasteiger partial charge is 0.343 e. The van der Waals surface area contributed by atoms with Gasteiger partial charge in [-0.25, -0.2) is 19.5 Å². The van der Waals surface area contributed by atoms with Crippen LogP contribution in [-0.4, -0.2) is 85.3 Å². The third-order valence-corrected chi connectivity index (χ3v) is 9.21. The minimum atomic E-state index is -2.84. The zero-order chi connectivity index (χ0) is 20.9. The Morgan fingerprint density at radius 3 is 1.43 bits per heavy atom. The van der Waals surface area contributed by atoms with Crippen molar-refractivity contribution in [2.75, 3.05) is 76.0 Å². The van der Waals surface area contributed by atoms with Crippen LogP contribution in [0.2, 0.25) is 0 Å². The van der Waals surface area contributed by atoms with Gasteiger partial charge in [0.05, 0.1) is 13.2 Å². The van der Waals surface area contributed by atoms with Gasteiger partial charge in [-0.1, -0.05) is 0 Å². The molecule has 14 heteroatoms. The first kappa shape index (κ1) is 27.4. The molecule has 2 saturated heterocycles. The third-order valence-electron chi connectivity index (χ3n) is 3.90. The van der Waals surface area contributed by atoms with Crippen molar-refractivity contribution in [2.24, 2.45) is 0 Å². The van der Waals surface area contributed by atoms with Crippen LogP contribution in [0.1, 0.15) is 12.8 Å². The zero-order valence-electron chi connectivity index (χ0n) is 15.8. The molecule has 2 aliphatic rings. The fourth-order valence-corrected chi connectivity index (χ4v) is 7.72. The average molecular weight is 522 g/mol. The lowest BCUT2D eigenvalue weighted by molar-refractivity contribution is 0.203. The first-order valence-corrected chi connectivity index (χ1v) is 14.5. The van der Waals surface area contributed by atoms with Gasteiger partial charge in [-0.3, -0.25) is 9.13 Å². The van der Waals surface area contributed by atoms with E-state index in [1.165, 1.54) is 0 Å². The van der Waals surface area contributed by atoms with Gasteiger partial charge in [0.1, 0.15) is 0 Å². The molecule has 0 spiro atoms. The van der Waals surface area contributed by atoms with E-state index in [0.29, 0.717) is 62.9 Å². The third kappa shape index (κ3) is 9.25. The van der Waals surface area contributed by atoms with Gasteiger partial charge in [-0.2, -0.15) is 0 Å². The van der Waals surface area contributed by atoms with Crippen LogP contribution < -0.4 is 10.2 Å². The molecular formula is C14H30Cl4N4O4P2. The van der Waals surface area contributed by atoms with Crippen LogP contribution in [0.3, 0.4) is 0 Å². The van der Waals surface area contributed by atoms with E-state index in [1.807, 2.05) is 0 Å². The molecule has 168 valence electrons. The Balaban J connectivity index is 0.000000280. The number of nitrogens with zero attached hydrogens (tertiary/aromatic N) is 2. The highest BCUT2D eigenvalue weighted by molar-refractivity contribution is 7.54. The number of hydrogen-bond donors (Lipinski definition) is 2. The molecule has 2 heterocycles. The van der Waals surface area contributed by atoms with Gasteiger partial charge in [0.2, 0.25) is 0 Å². The number of alkyl halides is 4. The quantitative estimate of drug-likeness (QED) is 0.332. The molecule has 8 nitrogen and oxygen atoms in total. The lowest BCUT2D eigenvalue weighted by Crippen LogP contribution is -2.36. The number of rotatable bonds is 10. The Hall–Kier alpha value is 1.38. The van der Waals surface area contributed by atoms with Crippen LogP contribution in [0, 0.1) is 0 Å². The molecule has 2 unspecified atom stereocenters. The Labute approximate surface area is 188 Å². The Kier molecular flexibility index (Phi) is 14.9. The molecule has 0 aromatic heterocycles. The molecule has 0 aliphatic carbocycles. The Morgan fingerprint density at radius 2 is 1.11 bits per heavy atom. The van der Waals surface area contributed by atoms with Crippen molar-refractivity contribution in [1.29, 1.82) is 0 Å². The van der Waals surface area contributed by atoms with Gasteiger partial charge in [0.25, 0.3) is 0 Å². The normalized spacial score (nSPS) is 29.3. The molecule has 28 heavy (non-hydrogen) atoms. The Morgan fingerprint density at radius 1 is 0.714 bits per heavy atom. The summed E-state index contributed by atoms with van der Waals surface area (Å²) in [6.45, 7) is 4.72. The monoisotopic (exact) mass is 520 g/mol. The molecule has 0 amide bonds. The molecular weight excluding hydrogens is 492 g/mol. The topological polar surface area (TPSA) is 83.1 Å². The molecule has 2 fully saturated rings. The van der Waals surface area contributed by atoms with Crippen LogP contribution in [0.25, 0.3) is 0 Å². The predicted octanol–water partition coefficient (Wildman–Crippen LogP) is 3.77. The molecule has 0 aromatic rings. The maximum Gasteiger partial charge on any atom is 0.343 e. The lowest BCUT2D eigenvalue weighted by atomic mass is 10.4. The summed E-state index contributed by atoms with van der Waals surface area (Å²) in [4.78, 5) is 0. The first-order chi connectivity index (χ1) is 13.5. The fraction of sp³-hybridized carbons (Fsp3) is 1.00. The van der Waals surface area contributed by atoms with Gasteiger partial charge < -0.3 is 9.05 Å². The van der Waals surface area contributed by atoms with Crippen molar-refractivity contribution in [1.82, 2.24) is 19.5 Å². The molecule has 2 rings (SSSR count). The highest BCUT2D eigenvalue weighted by Crippen LogP contribution is 2.49. The van der Waals surface area contributed by atoms with Crippen LogP contribution in [-0.2, 0) is 18.2 Å². The number of nitrogens with one attached hydrogen (secondary N) is 2. The number of halogens is 4. The Bertz CT molecular complexity index is 476. The summed E-state index contributed by atoms with van der Waals surface area (Å²) >= 11 is 22.3. The van der Waals surface area contributed by atoms with Crippen molar-refractivity contribution in [3.8, 4) is 0 Å². The minimum absolute atomic E-state index is 0.419. The predicted molar refractivity (Wildman–Crippen MR) is 118 cm³/mol. The molecule has 2 aliphatic heterocycles. The van der Waals surface area contributed by atoms with Gasteiger partial charge >= 0.3 is 15.3 Å². The highest BCUT2D eigenvalue weighted by Gasteiger charge is 2.34. The average Bonchev–Trinajstić information content (AvgIpc) is 2.70. The van der Waals surface area contributed by atoms with Crippen molar-refractivity contribution < 1.29 is 18.2 Å². The lowest BCUT2D eigenvalue weighted by Gasteiger charge is -2.34. The minimum Gasteiger partial charge on any atom is -0.306 e. The molecule has 2 atom stereocenters. The maximum atomic E-state index is 12.2. The van der Waals surface area contributed by atoms with Crippen LogP contribution in [0.4, 0.5) is 0 Å². The van der Waals surface area contributed by atoms with Crippen molar-refractivity contribution in [3.05, 3.63) is 0 Å². The molecule has 0 bridgehead atoms. The standard InChI is InChI=1S/2C7H15Cl2N2O2P/c2*8-2-4-10-14(12)11(6-3-9)5-1-7-13-14/h2*1-7H2,(H,10,12). The van der Waals surface area contributed by atoms with Gasteiger partial charge in [0, 0.05) is 62.8 Å². The second-order valence-electron chi connectivity index (χ2n) is 5.89. The van der Waals surface area contributed by atoms with E-state index in [1.54, 1.807) is 9.34 Å². The SMILES string of the molecule is O=P1(NCCCl)OCCCN1CCCl.O=P1(NCCCl)OCCCN1CCCl. The summed E-state index contributed by atoms with van der Waals surface area (Å²) in [6, 6.07) is 0. The fourth-order valence-electron chi connectivity index (χ4n) is 2.64. The van der Waals surface area contributed by atoms with E-state index >= 15 is 0 Å². The van der Waals surface area contributed by atoms with Gasteiger partial charge in [-0.05, 0) is 12.8 Å². The van der Waals surface area contributed by atoms with E-state index in [-0.39, 0.29) is 0 Å². The van der Waals surface area contributed by atoms with E-state index in [0.717, 1.165) is 25.9 Å². The second kappa shape index (κ2) is 15.2. The zero-order valence-corrected chi connectivity index (χ0v) is 20.6. The maximum absolute atomic E-state index is 12.2. The van der Waals surface area contributed by atoms with Gasteiger partial charge in [0.15, 0.2) is 0 Å². The van der Waals surface area contributed by atoms with Crippen LogP contribution in [0.15, 0.2) is 0 Å². The van der Waals surface area contributed by atoms with Crippen molar-refractivity contribution in [2.45, 2.75) is 12.8 Å². The van der Waals surface area contributed by atoms with Crippen molar-refractivity contribution >= 4 is 61.7 Å². The molecule has 2 N–H and O–H groups in total. The van der Waals surface area contributed by atoms with E-state index in [2.05, 4.69) is 10.2 Å². The van der Waals surface area contributed by atoms with Crippen LogP contribution in [0.5, 0.6) is 0 Å². The first-order valence-electron chi connectivity index (χ1n) is 9.20.